The molecule has 0 bridgehead atoms. The smallest absolute Gasteiger partial charge is 0.247 e. The van der Waals surface area contributed by atoms with E-state index in [9.17, 15) is 9.59 Å². The van der Waals surface area contributed by atoms with Crippen LogP contribution in [0.1, 0.15) is 31.4 Å². The Bertz CT molecular complexity index is 1220. The fraction of sp³-hybridized carbons (Fsp3) is 0.355. The van der Waals surface area contributed by atoms with E-state index in [-0.39, 0.29) is 18.2 Å². The summed E-state index contributed by atoms with van der Waals surface area (Å²) in [6, 6.07) is 19.0. The molecule has 3 rings (SSSR count). The van der Waals surface area contributed by atoms with Crippen molar-refractivity contribution in [3.63, 3.8) is 0 Å². The average Bonchev–Trinajstić information content (AvgIpc) is 2.95. The van der Waals surface area contributed by atoms with E-state index in [1.807, 2.05) is 68.4 Å². The van der Waals surface area contributed by atoms with Gasteiger partial charge in [0.05, 0.1) is 27.4 Å². The van der Waals surface area contributed by atoms with Crippen molar-refractivity contribution in [3.8, 4) is 23.0 Å². The van der Waals surface area contributed by atoms with Crippen molar-refractivity contribution in [2.75, 3.05) is 26.6 Å². The number of nitrogens with one attached hydrogen (secondary N) is 2. The molecule has 0 saturated carbocycles. The van der Waals surface area contributed by atoms with Crippen LogP contribution >= 0.6 is 0 Å². The van der Waals surface area contributed by atoms with Crippen molar-refractivity contribution in [2.24, 2.45) is 11.7 Å². The second-order valence-corrected chi connectivity index (χ2v) is 9.82. The van der Waals surface area contributed by atoms with Crippen molar-refractivity contribution in [1.29, 1.82) is 0 Å². The summed E-state index contributed by atoms with van der Waals surface area (Å²) < 4.78 is 22.0. The Kier molecular flexibility index (Phi) is 11.2. The molecule has 0 heterocycles. The molecule has 9 heteroatoms. The first-order valence-corrected chi connectivity index (χ1v) is 13.2. The number of anilines is 1. The summed E-state index contributed by atoms with van der Waals surface area (Å²) in [4.78, 5) is 26.4. The van der Waals surface area contributed by atoms with Gasteiger partial charge in [-0.15, -0.1) is 0 Å². The highest BCUT2D eigenvalue weighted by Crippen LogP contribution is 2.40. The Balaban J connectivity index is 1.77. The second kappa shape index (κ2) is 14.8. The van der Waals surface area contributed by atoms with Gasteiger partial charge in [0.25, 0.3) is 0 Å². The van der Waals surface area contributed by atoms with E-state index in [2.05, 4.69) is 10.6 Å². The minimum atomic E-state index is -0.888. The molecule has 214 valence electrons. The molecule has 40 heavy (non-hydrogen) atoms. The van der Waals surface area contributed by atoms with Gasteiger partial charge in [0, 0.05) is 24.2 Å². The number of carbonyl (C=O) groups is 2. The van der Waals surface area contributed by atoms with Crippen LogP contribution < -0.4 is 35.3 Å². The molecule has 0 fully saturated rings. The van der Waals surface area contributed by atoms with Gasteiger partial charge in [0.2, 0.25) is 17.6 Å². The zero-order valence-corrected chi connectivity index (χ0v) is 23.7. The Morgan fingerprint density at radius 3 is 2.00 bits per heavy atom. The van der Waals surface area contributed by atoms with E-state index in [1.54, 1.807) is 12.1 Å². The molecule has 0 radical (unpaired) electrons. The Hall–Kier alpha value is -4.24. The molecule has 0 aliphatic rings. The minimum Gasteiger partial charge on any atom is -0.493 e. The first-order chi connectivity index (χ1) is 19.2. The van der Waals surface area contributed by atoms with E-state index in [0.29, 0.717) is 41.7 Å². The lowest BCUT2D eigenvalue weighted by atomic mass is 10.0. The highest BCUT2D eigenvalue weighted by atomic mass is 16.5. The fourth-order valence-corrected chi connectivity index (χ4v) is 4.18. The summed E-state index contributed by atoms with van der Waals surface area (Å²) in [6.07, 6.45) is 0.746. The lowest BCUT2D eigenvalue weighted by molar-refractivity contribution is -0.127. The standard InChI is InChI=1S/C31H39N3O6/c1-20(2)15-25(32)30(35)34-26(31(36)33-23-17-27(37-3)29(39-5)28(18-23)38-4)16-21-11-13-24(14-12-21)40-19-22-9-7-6-8-10-22/h6-14,17-18,20,25-26H,15-16,19,32H2,1-5H3,(H,33,36)(H,34,35). The van der Waals surface area contributed by atoms with E-state index in [1.165, 1.54) is 21.3 Å². The molecule has 3 aromatic rings. The summed E-state index contributed by atoms with van der Waals surface area (Å²) in [6.45, 7) is 4.43. The van der Waals surface area contributed by atoms with Crippen molar-refractivity contribution in [2.45, 2.75) is 45.4 Å². The third-order valence-corrected chi connectivity index (χ3v) is 6.24. The molecule has 9 nitrogen and oxygen atoms in total. The summed E-state index contributed by atoms with van der Waals surface area (Å²) in [5.41, 5.74) is 8.45. The van der Waals surface area contributed by atoms with E-state index in [0.717, 1.165) is 11.1 Å². The third-order valence-electron chi connectivity index (χ3n) is 6.24. The number of carbonyl (C=O) groups excluding carboxylic acids is 2. The maximum atomic E-state index is 13.5. The van der Waals surface area contributed by atoms with Crippen LogP contribution in [0.3, 0.4) is 0 Å². The number of rotatable bonds is 14. The van der Waals surface area contributed by atoms with E-state index >= 15 is 0 Å². The minimum absolute atomic E-state index is 0.232. The van der Waals surface area contributed by atoms with Crippen LogP contribution in [0.25, 0.3) is 0 Å². The first-order valence-electron chi connectivity index (χ1n) is 13.2. The number of nitrogens with two attached hydrogens (primary N) is 1. The normalized spacial score (nSPS) is 12.3. The average molecular weight is 550 g/mol. The van der Waals surface area contributed by atoms with E-state index < -0.39 is 18.0 Å². The monoisotopic (exact) mass is 549 g/mol. The molecule has 0 aliphatic heterocycles. The fourth-order valence-electron chi connectivity index (χ4n) is 4.18. The largest absolute Gasteiger partial charge is 0.493 e. The molecule has 4 N–H and O–H groups in total. The molecular weight excluding hydrogens is 510 g/mol. The van der Waals surface area contributed by atoms with Gasteiger partial charge in [0.1, 0.15) is 18.4 Å². The van der Waals surface area contributed by atoms with Gasteiger partial charge in [-0.25, -0.2) is 0 Å². The third kappa shape index (κ3) is 8.64. The van der Waals surface area contributed by atoms with Crippen LogP contribution in [0.5, 0.6) is 23.0 Å². The number of benzene rings is 3. The molecule has 0 aromatic heterocycles. The van der Waals surface area contributed by atoms with E-state index in [4.69, 9.17) is 24.7 Å². The maximum absolute atomic E-state index is 13.5. The Labute approximate surface area is 236 Å². The topological polar surface area (TPSA) is 121 Å². The first kappa shape index (κ1) is 30.3. The lowest BCUT2D eigenvalue weighted by Gasteiger charge is -2.22. The molecule has 0 saturated heterocycles. The predicted molar refractivity (Wildman–Crippen MR) is 155 cm³/mol. The van der Waals surface area contributed by atoms with Crippen molar-refractivity contribution in [3.05, 3.63) is 77.9 Å². The number of amides is 2. The second-order valence-electron chi connectivity index (χ2n) is 9.82. The SMILES string of the molecule is COc1cc(NC(=O)C(Cc2ccc(OCc3ccccc3)cc2)NC(=O)C(N)CC(C)C)cc(OC)c1OC. The molecule has 2 amide bonds. The summed E-state index contributed by atoms with van der Waals surface area (Å²) in [7, 11) is 4.49. The number of hydrogen-bond donors (Lipinski definition) is 3. The zero-order valence-electron chi connectivity index (χ0n) is 23.7. The van der Waals surface area contributed by atoms with Gasteiger partial charge in [-0.1, -0.05) is 56.3 Å². The number of ether oxygens (including phenoxy) is 4. The van der Waals surface area contributed by atoms with Crippen LogP contribution in [0.15, 0.2) is 66.7 Å². The van der Waals surface area contributed by atoms with Crippen LogP contribution in [-0.4, -0.2) is 45.2 Å². The summed E-state index contributed by atoms with van der Waals surface area (Å²) in [5.74, 6) is 1.32. The van der Waals surface area contributed by atoms with Gasteiger partial charge in [-0.05, 0) is 35.6 Å². The van der Waals surface area contributed by atoms with Crippen LogP contribution in [0.2, 0.25) is 0 Å². The van der Waals surface area contributed by atoms with Gasteiger partial charge in [-0.3, -0.25) is 9.59 Å². The summed E-state index contributed by atoms with van der Waals surface area (Å²) >= 11 is 0. The number of methoxy groups -OCH3 is 3. The molecular formula is C31H39N3O6. The number of hydrogen-bond acceptors (Lipinski definition) is 7. The molecule has 2 unspecified atom stereocenters. The van der Waals surface area contributed by atoms with Crippen LogP contribution in [0, 0.1) is 5.92 Å². The Morgan fingerprint density at radius 2 is 1.45 bits per heavy atom. The van der Waals surface area contributed by atoms with Gasteiger partial charge < -0.3 is 35.3 Å². The predicted octanol–water partition coefficient (Wildman–Crippen LogP) is 4.33. The van der Waals surface area contributed by atoms with Crippen molar-refractivity contribution < 1.29 is 28.5 Å². The van der Waals surface area contributed by atoms with Gasteiger partial charge in [-0.2, -0.15) is 0 Å². The van der Waals surface area contributed by atoms with Crippen molar-refractivity contribution in [1.82, 2.24) is 5.32 Å². The quantitative estimate of drug-likeness (QED) is 0.274. The maximum Gasteiger partial charge on any atom is 0.247 e. The van der Waals surface area contributed by atoms with Crippen LogP contribution in [0.4, 0.5) is 5.69 Å². The highest BCUT2D eigenvalue weighted by Gasteiger charge is 2.25. The summed E-state index contributed by atoms with van der Waals surface area (Å²) in [5, 5.41) is 5.70. The zero-order chi connectivity index (χ0) is 29.1. The molecule has 2 atom stereocenters. The molecule has 0 aliphatic carbocycles. The highest BCUT2D eigenvalue weighted by molar-refractivity contribution is 5.98. The lowest BCUT2D eigenvalue weighted by Crippen LogP contribution is -2.51. The van der Waals surface area contributed by atoms with Crippen LogP contribution in [-0.2, 0) is 22.6 Å². The van der Waals surface area contributed by atoms with Gasteiger partial charge >= 0.3 is 0 Å². The molecule has 0 spiro atoms. The van der Waals surface area contributed by atoms with Crippen molar-refractivity contribution >= 4 is 17.5 Å². The molecule has 3 aromatic carbocycles. The Morgan fingerprint density at radius 1 is 0.825 bits per heavy atom. The van der Waals surface area contributed by atoms with Gasteiger partial charge in [0.15, 0.2) is 11.5 Å².